The Morgan fingerprint density at radius 1 is 0.743 bits per heavy atom. The van der Waals surface area contributed by atoms with Gasteiger partial charge in [0.1, 0.15) is 5.82 Å². The molecule has 1 aliphatic rings. The molecule has 0 saturated heterocycles. The molecule has 0 amide bonds. The zero-order chi connectivity index (χ0) is 24.1. The van der Waals surface area contributed by atoms with Gasteiger partial charge in [0, 0.05) is 45.0 Å². The lowest BCUT2D eigenvalue weighted by Crippen LogP contribution is -1.97. The van der Waals surface area contributed by atoms with Crippen LogP contribution in [0.1, 0.15) is 15.9 Å². The van der Waals surface area contributed by atoms with Gasteiger partial charge in [-0.15, -0.1) is 0 Å². The summed E-state index contributed by atoms with van der Waals surface area (Å²) >= 11 is 6.06. The highest BCUT2D eigenvalue weighted by Gasteiger charge is 2.29. The van der Waals surface area contributed by atoms with E-state index in [0.717, 1.165) is 27.9 Å². The molecule has 7 heteroatoms. The van der Waals surface area contributed by atoms with Gasteiger partial charge in [-0.05, 0) is 47.5 Å². The molecule has 0 atom stereocenters. The number of rotatable bonds is 4. The topological polar surface area (TPSA) is 88.9 Å². The highest BCUT2D eigenvalue weighted by atomic mass is 35.5. The van der Waals surface area contributed by atoms with Crippen LogP contribution in [0.3, 0.4) is 0 Å². The number of H-pyrrole nitrogens is 1. The smallest absolute Gasteiger partial charge is 0.270 e. The van der Waals surface area contributed by atoms with Crippen LogP contribution >= 0.6 is 11.6 Å². The standard InChI is InChI=1S/C28H16ClN3O3/c29-19-9-6-17(7-10-19)28-30-25(16-4-2-1-3-5-16)26(31-28)18-8-12-21-22-13-11-20(32(34)35)15-24(22)27(33)23(21)14-18/h1-15H,(H,30,31). The summed E-state index contributed by atoms with van der Waals surface area (Å²) in [5, 5.41) is 11.8. The molecule has 6 nitrogen and oxygen atoms in total. The molecule has 4 aromatic carbocycles. The minimum atomic E-state index is -0.490. The van der Waals surface area contributed by atoms with Crippen LogP contribution in [0, 0.1) is 10.1 Å². The van der Waals surface area contributed by atoms with Crippen LogP contribution in [-0.4, -0.2) is 20.7 Å². The van der Waals surface area contributed by atoms with E-state index in [1.165, 1.54) is 12.1 Å². The predicted molar refractivity (Wildman–Crippen MR) is 135 cm³/mol. The average molecular weight is 478 g/mol. The Labute approximate surface area is 205 Å². The number of fused-ring (bicyclic) bond motifs is 3. The third-order valence-corrected chi connectivity index (χ3v) is 6.42. The first kappa shape index (κ1) is 21.0. The van der Waals surface area contributed by atoms with Gasteiger partial charge >= 0.3 is 0 Å². The van der Waals surface area contributed by atoms with Crippen molar-refractivity contribution in [2.45, 2.75) is 0 Å². The van der Waals surface area contributed by atoms with E-state index in [-0.39, 0.29) is 11.5 Å². The van der Waals surface area contributed by atoms with Gasteiger partial charge in [-0.1, -0.05) is 54.1 Å². The molecule has 1 N–H and O–H groups in total. The maximum absolute atomic E-state index is 13.2. The Hall–Kier alpha value is -4.55. The van der Waals surface area contributed by atoms with E-state index in [9.17, 15) is 14.9 Å². The van der Waals surface area contributed by atoms with Gasteiger partial charge in [-0.2, -0.15) is 0 Å². The van der Waals surface area contributed by atoms with Gasteiger partial charge in [-0.25, -0.2) is 4.98 Å². The highest BCUT2D eigenvalue weighted by molar-refractivity contribution is 6.30. The third kappa shape index (κ3) is 3.52. The number of imidazole rings is 1. The van der Waals surface area contributed by atoms with E-state index in [2.05, 4.69) is 4.98 Å². The largest absolute Gasteiger partial charge is 0.337 e. The number of benzene rings is 4. The summed E-state index contributed by atoms with van der Waals surface area (Å²) in [6, 6.07) is 27.3. The number of hydrogen-bond acceptors (Lipinski definition) is 4. The molecule has 5 aromatic rings. The van der Waals surface area contributed by atoms with Crippen molar-refractivity contribution in [3.8, 4) is 45.0 Å². The number of nitro groups is 1. The van der Waals surface area contributed by atoms with Crippen LogP contribution < -0.4 is 0 Å². The van der Waals surface area contributed by atoms with E-state index in [1.54, 1.807) is 6.07 Å². The number of aromatic nitrogens is 2. The van der Waals surface area contributed by atoms with E-state index in [1.807, 2.05) is 72.8 Å². The molecule has 0 saturated carbocycles. The Bertz CT molecular complexity index is 1640. The predicted octanol–water partition coefficient (Wildman–Crippen LogP) is 7.18. The molecular formula is C28H16ClN3O3. The number of non-ortho nitro benzene ring substituents is 1. The van der Waals surface area contributed by atoms with Crippen LogP contribution in [0.2, 0.25) is 5.02 Å². The second kappa shape index (κ2) is 8.04. The zero-order valence-corrected chi connectivity index (χ0v) is 18.9. The molecule has 168 valence electrons. The molecule has 0 bridgehead atoms. The van der Waals surface area contributed by atoms with E-state index in [0.29, 0.717) is 33.2 Å². The fraction of sp³-hybridized carbons (Fsp3) is 0. The van der Waals surface area contributed by atoms with Gasteiger partial charge in [0.05, 0.1) is 16.3 Å². The van der Waals surface area contributed by atoms with E-state index >= 15 is 0 Å². The number of aromatic amines is 1. The van der Waals surface area contributed by atoms with Gasteiger partial charge < -0.3 is 4.98 Å². The second-order valence-electron chi connectivity index (χ2n) is 8.26. The van der Waals surface area contributed by atoms with Crippen molar-refractivity contribution in [1.29, 1.82) is 0 Å². The molecule has 1 heterocycles. The van der Waals surface area contributed by atoms with Crippen molar-refractivity contribution in [1.82, 2.24) is 9.97 Å². The maximum Gasteiger partial charge on any atom is 0.270 e. The quantitative estimate of drug-likeness (QED) is 0.215. The second-order valence-corrected chi connectivity index (χ2v) is 8.69. The van der Waals surface area contributed by atoms with Gasteiger partial charge in [0.15, 0.2) is 5.78 Å². The number of carbonyl (C=O) groups is 1. The Kier molecular flexibility index (Phi) is 4.83. The van der Waals surface area contributed by atoms with Gasteiger partial charge in [-0.3, -0.25) is 14.9 Å². The highest BCUT2D eigenvalue weighted by Crippen LogP contribution is 2.41. The number of hydrogen-bond donors (Lipinski definition) is 1. The SMILES string of the molecule is O=C1c2cc(-c3nc(-c4ccc(Cl)cc4)[nH]c3-c3ccccc3)ccc2-c2ccc([N+](=O)[O-])cc21. The molecule has 0 spiro atoms. The number of halogens is 1. The number of nitro benzene ring substituents is 1. The summed E-state index contributed by atoms with van der Waals surface area (Å²) in [5.74, 6) is 0.455. The van der Waals surface area contributed by atoms with Gasteiger partial charge in [0.2, 0.25) is 0 Å². The molecular weight excluding hydrogens is 462 g/mol. The fourth-order valence-electron chi connectivity index (χ4n) is 4.47. The van der Waals surface area contributed by atoms with Crippen molar-refractivity contribution in [2.24, 2.45) is 0 Å². The molecule has 0 aliphatic heterocycles. The van der Waals surface area contributed by atoms with Crippen LogP contribution in [0.15, 0.2) is 91.0 Å². The molecule has 0 radical (unpaired) electrons. The van der Waals surface area contributed by atoms with E-state index in [4.69, 9.17) is 16.6 Å². The molecule has 1 aliphatic carbocycles. The number of ketones is 1. The maximum atomic E-state index is 13.2. The number of nitrogens with one attached hydrogen (secondary N) is 1. The lowest BCUT2D eigenvalue weighted by molar-refractivity contribution is -0.384. The Morgan fingerprint density at radius 3 is 2.11 bits per heavy atom. The lowest BCUT2D eigenvalue weighted by Gasteiger charge is -2.06. The third-order valence-electron chi connectivity index (χ3n) is 6.17. The first-order chi connectivity index (χ1) is 17.0. The first-order valence-corrected chi connectivity index (χ1v) is 11.3. The van der Waals surface area contributed by atoms with Crippen molar-refractivity contribution in [3.05, 3.63) is 117 Å². The Morgan fingerprint density at radius 2 is 1.40 bits per heavy atom. The summed E-state index contributed by atoms with van der Waals surface area (Å²) in [6.45, 7) is 0. The zero-order valence-electron chi connectivity index (χ0n) is 18.2. The summed E-state index contributed by atoms with van der Waals surface area (Å²) in [6.07, 6.45) is 0. The first-order valence-electron chi connectivity index (χ1n) is 10.9. The molecule has 1 aromatic heterocycles. The number of carbonyl (C=O) groups excluding carboxylic acids is 1. The summed E-state index contributed by atoms with van der Waals surface area (Å²) < 4.78 is 0. The molecule has 35 heavy (non-hydrogen) atoms. The summed E-state index contributed by atoms with van der Waals surface area (Å²) in [4.78, 5) is 32.2. The van der Waals surface area contributed by atoms with Crippen molar-refractivity contribution < 1.29 is 9.72 Å². The molecule has 0 unspecified atom stereocenters. The summed E-state index contributed by atoms with van der Waals surface area (Å²) in [7, 11) is 0. The lowest BCUT2D eigenvalue weighted by atomic mass is 9.99. The van der Waals surface area contributed by atoms with Crippen molar-refractivity contribution in [3.63, 3.8) is 0 Å². The summed E-state index contributed by atoms with van der Waals surface area (Å²) in [5.41, 5.74) is 6.37. The van der Waals surface area contributed by atoms with Crippen LogP contribution in [0.25, 0.3) is 45.0 Å². The monoisotopic (exact) mass is 477 g/mol. The molecule has 0 fully saturated rings. The normalized spacial score (nSPS) is 11.9. The fourth-order valence-corrected chi connectivity index (χ4v) is 4.59. The van der Waals surface area contributed by atoms with Crippen LogP contribution in [0.4, 0.5) is 5.69 Å². The van der Waals surface area contributed by atoms with Crippen LogP contribution in [-0.2, 0) is 0 Å². The number of nitrogens with zero attached hydrogens (tertiary/aromatic N) is 2. The minimum absolute atomic E-state index is 0.101. The van der Waals surface area contributed by atoms with Crippen molar-refractivity contribution >= 4 is 23.1 Å². The van der Waals surface area contributed by atoms with Gasteiger partial charge in [0.25, 0.3) is 5.69 Å². The van der Waals surface area contributed by atoms with Crippen molar-refractivity contribution in [2.75, 3.05) is 0 Å². The average Bonchev–Trinajstić information content (AvgIpc) is 3.45. The minimum Gasteiger partial charge on any atom is -0.337 e. The molecule has 6 rings (SSSR count). The van der Waals surface area contributed by atoms with Crippen LogP contribution in [0.5, 0.6) is 0 Å². The van der Waals surface area contributed by atoms with E-state index < -0.39 is 4.92 Å². The Balaban J connectivity index is 1.49.